The average Bonchev–Trinajstić information content (AvgIpc) is 2.68. The van der Waals surface area contributed by atoms with Gasteiger partial charge in [-0.05, 0) is 54.1 Å². The van der Waals surface area contributed by atoms with E-state index >= 15 is 0 Å². The van der Waals surface area contributed by atoms with Gasteiger partial charge in [-0.25, -0.2) is 5.43 Å². The molecule has 0 aliphatic heterocycles. The molecule has 1 N–H and O–H groups in total. The second kappa shape index (κ2) is 9.60. The quantitative estimate of drug-likeness (QED) is 0.383. The van der Waals surface area contributed by atoms with Crippen molar-refractivity contribution in [3.63, 3.8) is 0 Å². The summed E-state index contributed by atoms with van der Waals surface area (Å²) in [6.45, 7) is 0.297. The monoisotopic (exact) mass is 432 g/mol. The number of halogens is 3. The topological polar surface area (TPSA) is 50.7 Å². The van der Waals surface area contributed by atoms with Crippen LogP contribution in [-0.2, 0) is 6.61 Å². The number of amides is 1. The Labute approximate surface area is 177 Å². The summed E-state index contributed by atoms with van der Waals surface area (Å²) in [4.78, 5) is 12.1. The van der Waals surface area contributed by atoms with E-state index in [9.17, 15) is 4.79 Å². The fourth-order valence-corrected chi connectivity index (χ4v) is 2.98. The maximum atomic E-state index is 12.1. The van der Waals surface area contributed by atoms with Gasteiger partial charge in [0.15, 0.2) is 0 Å². The van der Waals surface area contributed by atoms with Crippen LogP contribution in [0.5, 0.6) is 5.75 Å². The molecule has 0 fully saturated rings. The van der Waals surface area contributed by atoms with Crippen LogP contribution >= 0.6 is 34.8 Å². The number of nitrogens with zero attached hydrogens (tertiary/aromatic N) is 1. The Morgan fingerprint density at radius 2 is 1.71 bits per heavy atom. The van der Waals surface area contributed by atoms with E-state index in [1.54, 1.807) is 54.6 Å². The van der Waals surface area contributed by atoms with Gasteiger partial charge in [-0.1, -0.05) is 53.0 Å². The fourth-order valence-electron chi connectivity index (χ4n) is 2.32. The van der Waals surface area contributed by atoms with Gasteiger partial charge in [0.1, 0.15) is 12.4 Å². The molecule has 0 aliphatic carbocycles. The van der Waals surface area contributed by atoms with Crippen molar-refractivity contribution >= 4 is 46.9 Å². The number of carbonyl (C=O) groups excluding carboxylic acids is 1. The predicted octanol–water partition coefficient (Wildman–Crippen LogP) is 5.99. The zero-order valence-electron chi connectivity index (χ0n) is 14.5. The molecule has 28 heavy (non-hydrogen) atoms. The SMILES string of the molecule is O=C(N/N=C\c1cccc(Cl)c1)c1ccc(OCc2ccc(Cl)cc2Cl)cc1. The largest absolute Gasteiger partial charge is 0.489 e. The van der Waals surface area contributed by atoms with E-state index in [-0.39, 0.29) is 5.91 Å². The maximum Gasteiger partial charge on any atom is 0.271 e. The molecule has 0 saturated carbocycles. The van der Waals surface area contributed by atoms with E-state index in [2.05, 4.69) is 10.5 Å². The van der Waals surface area contributed by atoms with Crippen molar-refractivity contribution in [1.82, 2.24) is 5.43 Å². The van der Waals surface area contributed by atoms with Crippen LogP contribution in [0.15, 0.2) is 71.8 Å². The van der Waals surface area contributed by atoms with Crippen molar-refractivity contribution in [2.75, 3.05) is 0 Å². The standard InChI is InChI=1S/C21H15Cl3N2O2/c22-17-3-1-2-14(10-17)12-25-26-21(27)15-5-8-19(9-6-15)28-13-16-4-7-18(23)11-20(16)24/h1-12H,13H2,(H,26,27)/b25-12-. The Bertz CT molecular complexity index is 1000. The lowest BCUT2D eigenvalue weighted by molar-refractivity contribution is 0.0955. The number of hydrogen-bond donors (Lipinski definition) is 1. The number of hydrazone groups is 1. The van der Waals surface area contributed by atoms with E-state index < -0.39 is 0 Å². The van der Waals surface area contributed by atoms with E-state index in [0.29, 0.717) is 33.0 Å². The lowest BCUT2D eigenvalue weighted by atomic mass is 10.2. The summed E-state index contributed by atoms with van der Waals surface area (Å²) in [5.74, 6) is 0.288. The lowest BCUT2D eigenvalue weighted by Gasteiger charge is -2.08. The predicted molar refractivity (Wildman–Crippen MR) is 114 cm³/mol. The molecule has 3 aromatic rings. The van der Waals surface area contributed by atoms with Crippen molar-refractivity contribution in [3.05, 3.63) is 98.5 Å². The van der Waals surface area contributed by atoms with E-state index in [1.807, 2.05) is 12.1 Å². The van der Waals surface area contributed by atoms with Crippen LogP contribution in [0.25, 0.3) is 0 Å². The van der Waals surface area contributed by atoms with Crippen LogP contribution in [0.4, 0.5) is 0 Å². The van der Waals surface area contributed by atoms with Crippen LogP contribution in [0.3, 0.4) is 0 Å². The molecule has 0 heterocycles. The van der Waals surface area contributed by atoms with Gasteiger partial charge in [0.2, 0.25) is 0 Å². The van der Waals surface area contributed by atoms with Gasteiger partial charge in [-0.2, -0.15) is 5.10 Å². The minimum atomic E-state index is -0.328. The third kappa shape index (κ3) is 5.73. The minimum absolute atomic E-state index is 0.297. The number of carbonyl (C=O) groups is 1. The van der Waals surface area contributed by atoms with E-state index in [0.717, 1.165) is 11.1 Å². The molecule has 0 bridgehead atoms. The Kier molecular flexibility index (Phi) is 6.93. The highest BCUT2D eigenvalue weighted by Crippen LogP contribution is 2.23. The van der Waals surface area contributed by atoms with Crippen LogP contribution in [-0.4, -0.2) is 12.1 Å². The lowest BCUT2D eigenvalue weighted by Crippen LogP contribution is -2.17. The molecule has 3 aromatic carbocycles. The number of nitrogens with one attached hydrogen (secondary N) is 1. The summed E-state index contributed by atoms with van der Waals surface area (Å²) in [5, 5.41) is 5.65. The molecular weight excluding hydrogens is 419 g/mol. The number of benzene rings is 3. The number of hydrogen-bond acceptors (Lipinski definition) is 3. The molecule has 0 saturated heterocycles. The zero-order valence-corrected chi connectivity index (χ0v) is 16.8. The first-order valence-electron chi connectivity index (χ1n) is 8.27. The molecular formula is C21H15Cl3N2O2. The third-order valence-corrected chi connectivity index (χ3v) is 4.58. The third-order valence-electron chi connectivity index (χ3n) is 3.75. The Morgan fingerprint density at radius 1 is 0.964 bits per heavy atom. The van der Waals surface area contributed by atoms with Crippen molar-refractivity contribution in [3.8, 4) is 5.75 Å². The maximum absolute atomic E-state index is 12.1. The zero-order chi connectivity index (χ0) is 19.9. The second-order valence-corrected chi connectivity index (χ2v) is 7.08. The van der Waals surface area contributed by atoms with Crippen LogP contribution in [0.2, 0.25) is 15.1 Å². The highest BCUT2D eigenvalue weighted by atomic mass is 35.5. The summed E-state index contributed by atoms with van der Waals surface area (Å²) in [6.07, 6.45) is 1.52. The van der Waals surface area contributed by atoms with Crippen molar-refractivity contribution in [2.24, 2.45) is 5.10 Å². The van der Waals surface area contributed by atoms with Gasteiger partial charge in [0.05, 0.1) is 6.21 Å². The number of rotatable bonds is 6. The van der Waals surface area contributed by atoms with E-state index in [1.165, 1.54) is 6.21 Å². The summed E-state index contributed by atoms with van der Waals surface area (Å²) < 4.78 is 5.70. The Hall–Kier alpha value is -2.53. The highest BCUT2D eigenvalue weighted by molar-refractivity contribution is 6.35. The summed E-state index contributed by atoms with van der Waals surface area (Å²) in [6, 6.07) is 19.1. The summed E-state index contributed by atoms with van der Waals surface area (Å²) in [7, 11) is 0. The first kappa shape index (κ1) is 20.2. The molecule has 4 nitrogen and oxygen atoms in total. The molecule has 0 radical (unpaired) electrons. The first-order valence-corrected chi connectivity index (χ1v) is 9.40. The fraction of sp³-hybridized carbons (Fsp3) is 0.0476. The first-order chi connectivity index (χ1) is 13.5. The smallest absolute Gasteiger partial charge is 0.271 e. The molecule has 0 spiro atoms. The molecule has 7 heteroatoms. The van der Waals surface area contributed by atoms with Gasteiger partial charge in [0, 0.05) is 26.2 Å². The second-order valence-electron chi connectivity index (χ2n) is 5.80. The van der Waals surface area contributed by atoms with Crippen molar-refractivity contribution in [1.29, 1.82) is 0 Å². The number of ether oxygens (including phenoxy) is 1. The Balaban J connectivity index is 1.55. The van der Waals surface area contributed by atoms with Crippen LogP contribution in [0.1, 0.15) is 21.5 Å². The van der Waals surface area contributed by atoms with Crippen molar-refractivity contribution in [2.45, 2.75) is 6.61 Å². The molecule has 0 aromatic heterocycles. The van der Waals surface area contributed by atoms with Gasteiger partial charge < -0.3 is 4.74 Å². The summed E-state index contributed by atoms with van der Waals surface area (Å²) in [5.41, 5.74) is 4.54. The molecule has 0 atom stereocenters. The van der Waals surface area contributed by atoms with Crippen LogP contribution in [0, 0.1) is 0 Å². The van der Waals surface area contributed by atoms with Gasteiger partial charge in [-0.15, -0.1) is 0 Å². The van der Waals surface area contributed by atoms with Crippen molar-refractivity contribution < 1.29 is 9.53 Å². The summed E-state index contributed by atoms with van der Waals surface area (Å²) >= 11 is 17.9. The van der Waals surface area contributed by atoms with Crippen LogP contribution < -0.4 is 10.2 Å². The average molecular weight is 434 g/mol. The molecule has 142 valence electrons. The molecule has 1 amide bonds. The highest BCUT2D eigenvalue weighted by Gasteiger charge is 2.06. The van der Waals surface area contributed by atoms with E-state index in [4.69, 9.17) is 39.5 Å². The molecule has 0 unspecified atom stereocenters. The molecule has 0 aliphatic rings. The van der Waals surface area contributed by atoms with Gasteiger partial charge >= 0.3 is 0 Å². The normalized spacial score (nSPS) is 10.8. The molecule has 3 rings (SSSR count). The minimum Gasteiger partial charge on any atom is -0.489 e. The van der Waals surface area contributed by atoms with Gasteiger partial charge in [0.25, 0.3) is 5.91 Å². The Morgan fingerprint density at radius 3 is 2.43 bits per heavy atom. The van der Waals surface area contributed by atoms with Gasteiger partial charge in [-0.3, -0.25) is 4.79 Å².